The van der Waals surface area contributed by atoms with Crippen molar-refractivity contribution in [3.05, 3.63) is 66.2 Å². The van der Waals surface area contributed by atoms with E-state index in [9.17, 15) is 0 Å². The highest BCUT2D eigenvalue weighted by atomic mass is 127. The van der Waals surface area contributed by atoms with E-state index in [1.54, 1.807) is 0 Å². The third-order valence-electron chi connectivity index (χ3n) is 4.25. The van der Waals surface area contributed by atoms with E-state index in [2.05, 4.69) is 45.5 Å². The van der Waals surface area contributed by atoms with Gasteiger partial charge in [0.1, 0.15) is 0 Å². The first-order valence-electron chi connectivity index (χ1n) is 8.21. The molecule has 3 N–H and O–H groups in total. The number of nitrogens with zero attached hydrogens (tertiary/aromatic N) is 2. The number of likely N-dealkylation sites (tertiary alicyclic amines) is 1. The standard InChI is InChI=1S/C19H24N4.HI/c20-19(22-17-10-5-2-6-11-17)21-14-18-12-7-13-23(18)15-16-8-3-1-4-9-16;/h1-6,8-11,18H,7,12-15H2,(H3,20,21,22);1H. The van der Waals surface area contributed by atoms with Gasteiger partial charge < -0.3 is 11.1 Å². The zero-order chi connectivity index (χ0) is 15.9. The molecule has 1 aliphatic rings. The molecule has 1 unspecified atom stereocenters. The molecule has 5 heteroatoms. The zero-order valence-corrected chi connectivity index (χ0v) is 16.1. The molecule has 3 rings (SSSR count). The van der Waals surface area contributed by atoms with Crippen LogP contribution in [0.1, 0.15) is 18.4 Å². The third kappa shape index (κ3) is 5.49. The van der Waals surface area contributed by atoms with Crippen molar-refractivity contribution in [2.24, 2.45) is 10.7 Å². The van der Waals surface area contributed by atoms with E-state index in [0.29, 0.717) is 12.0 Å². The lowest BCUT2D eigenvalue weighted by Gasteiger charge is -2.23. The molecule has 0 radical (unpaired) electrons. The first kappa shape index (κ1) is 18.7. The maximum Gasteiger partial charge on any atom is 0.193 e. The summed E-state index contributed by atoms with van der Waals surface area (Å²) < 4.78 is 0. The van der Waals surface area contributed by atoms with Gasteiger partial charge in [0.15, 0.2) is 5.96 Å². The molecule has 1 aliphatic heterocycles. The van der Waals surface area contributed by atoms with Gasteiger partial charge in [0, 0.05) is 18.3 Å². The second kappa shape index (κ2) is 9.64. The first-order chi connectivity index (χ1) is 11.3. The van der Waals surface area contributed by atoms with Gasteiger partial charge in [0.2, 0.25) is 0 Å². The van der Waals surface area contributed by atoms with E-state index >= 15 is 0 Å². The Morgan fingerprint density at radius 2 is 1.75 bits per heavy atom. The number of nitrogens with two attached hydrogens (primary N) is 1. The van der Waals surface area contributed by atoms with E-state index in [1.807, 2.05) is 30.3 Å². The maximum atomic E-state index is 6.00. The molecule has 0 spiro atoms. The lowest BCUT2D eigenvalue weighted by molar-refractivity contribution is 0.250. The van der Waals surface area contributed by atoms with Crippen molar-refractivity contribution in [2.45, 2.75) is 25.4 Å². The molecule has 1 fully saturated rings. The van der Waals surface area contributed by atoms with Crippen molar-refractivity contribution >= 4 is 35.6 Å². The molecular formula is C19H25IN4. The topological polar surface area (TPSA) is 53.6 Å². The van der Waals surface area contributed by atoms with Crippen LogP contribution in [-0.4, -0.2) is 30.0 Å². The van der Waals surface area contributed by atoms with Gasteiger partial charge in [-0.2, -0.15) is 0 Å². The number of rotatable bonds is 5. The Balaban J connectivity index is 0.00000208. The molecule has 2 aromatic rings. The van der Waals surface area contributed by atoms with Crippen LogP contribution < -0.4 is 11.1 Å². The van der Waals surface area contributed by atoms with E-state index < -0.39 is 0 Å². The molecule has 2 aromatic carbocycles. The summed E-state index contributed by atoms with van der Waals surface area (Å²) in [6, 6.07) is 21.0. The van der Waals surface area contributed by atoms with Gasteiger partial charge in [-0.1, -0.05) is 48.5 Å². The summed E-state index contributed by atoms with van der Waals surface area (Å²) in [4.78, 5) is 7.04. The van der Waals surface area contributed by atoms with Crippen LogP contribution in [-0.2, 0) is 6.54 Å². The zero-order valence-electron chi connectivity index (χ0n) is 13.8. The second-order valence-electron chi connectivity index (χ2n) is 5.97. The number of hydrogen-bond acceptors (Lipinski definition) is 2. The fourth-order valence-electron chi connectivity index (χ4n) is 3.04. The Kier molecular flexibility index (Phi) is 7.52. The summed E-state index contributed by atoms with van der Waals surface area (Å²) in [5, 5.41) is 3.14. The van der Waals surface area contributed by atoms with E-state index in [0.717, 1.165) is 25.3 Å². The predicted molar refractivity (Wildman–Crippen MR) is 112 cm³/mol. The normalized spacial score (nSPS) is 18.2. The Morgan fingerprint density at radius 3 is 2.46 bits per heavy atom. The summed E-state index contributed by atoms with van der Waals surface area (Å²) >= 11 is 0. The molecular weight excluding hydrogens is 411 g/mol. The number of para-hydroxylation sites is 1. The van der Waals surface area contributed by atoms with Gasteiger partial charge in [-0.3, -0.25) is 9.89 Å². The average Bonchev–Trinajstić information content (AvgIpc) is 3.02. The second-order valence-corrected chi connectivity index (χ2v) is 5.97. The molecule has 0 aromatic heterocycles. The van der Waals surface area contributed by atoms with Crippen LogP contribution in [0.5, 0.6) is 0 Å². The van der Waals surface area contributed by atoms with Gasteiger partial charge in [-0.05, 0) is 37.1 Å². The lowest BCUT2D eigenvalue weighted by Crippen LogP contribution is -2.33. The molecule has 1 atom stereocenters. The number of nitrogens with one attached hydrogen (secondary N) is 1. The number of guanidine groups is 1. The van der Waals surface area contributed by atoms with Gasteiger partial charge in [-0.25, -0.2) is 0 Å². The quantitative estimate of drug-likeness (QED) is 0.427. The molecule has 1 saturated heterocycles. The predicted octanol–water partition coefficient (Wildman–Crippen LogP) is 3.70. The van der Waals surface area contributed by atoms with Crippen molar-refractivity contribution in [3.8, 4) is 0 Å². The van der Waals surface area contributed by atoms with Crippen molar-refractivity contribution in [3.63, 3.8) is 0 Å². The molecule has 0 saturated carbocycles. The molecule has 0 amide bonds. The van der Waals surface area contributed by atoms with Crippen molar-refractivity contribution < 1.29 is 0 Å². The van der Waals surface area contributed by atoms with E-state index in [-0.39, 0.29) is 24.0 Å². The van der Waals surface area contributed by atoms with Crippen LogP contribution in [0.2, 0.25) is 0 Å². The number of hydrogen-bond donors (Lipinski definition) is 2. The SMILES string of the molecule is I.NC(=NCC1CCCN1Cc1ccccc1)Nc1ccccc1. The Morgan fingerprint density at radius 1 is 1.08 bits per heavy atom. The summed E-state index contributed by atoms with van der Waals surface area (Å²) in [6.07, 6.45) is 2.42. The number of benzene rings is 2. The highest BCUT2D eigenvalue weighted by Crippen LogP contribution is 2.20. The first-order valence-corrected chi connectivity index (χ1v) is 8.21. The highest BCUT2D eigenvalue weighted by molar-refractivity contribution is 14.0. The molecule has 0 aliphatic carbocycles. The third-order valence-corrected chi connectivity index (χ3v) is 4.25. The highest BCUT2D eigenvalue weighted by Gasteiger charge is 2.24. The monoisotopic (exact) mass is 436 g/mol. The smallest absolute Gasteiger partial charge is 0.193 e. The maximum absolute atomic E-state index is 6.00. The largest absolute Gasteiger partial charge is 0.370 e. The van der Waals surface area contributed by atoms with Gasteiger partial charge in [-0.15, -0.1) is 24.0 Å². The summed E-state index contributed by atoms with van der Waals surface area (Å²) in [5.74, 6) is 0.489. The van der Waals surface area contributed by atoms with Crippen LogP contribution >= 0.6 is 24.0 Å². The molecule has 24 heavy (non-hydrogen) atoms. The van der Waals surface area contributed by atoms with Crippen LogP contribution in [0.4, 0.5) is 5.69 Å². The Bertz CT molecular complexity index is 630. The number of anilines is 1. The van der Waals surface area contributed by atoms with Crippen LogP contribution in [0.15, 0.2) is 65.7 Å². The Labute approximate surface area is 161 Å². The van der Waals surface area contributed by atoms with Gasteiger partial charge >= 0.3 is 0 Å². The van der Waals surface area contributed by atoms with Gasteiger partial charge in [0.25, 0.3) is 0 Å². The van der Waals surface area contributed by atoms with E-state index in [4.69, 9.17) is 5.73 Å². The minimum absolute atomic E-state index is 0. The van der Waals surface area contributed by atoms with Crippen molar-refractivity contribution in [1.29, 1.82) is 0 Å². The van der Waals surface area contributed by atoms with Gasteiger partial charge in [0.05, 0.1) is 6.54 Å². The summed E-state index contributed by atoms with van der Waals surface area (Å²) in [7, 11) is 0. The number of aliphatic imine (C=N–C) groups is 1. The molecule has 1 heterocycles. The molecule has 4 nitrogen and oxygen atoms in total. The van der Waals surface area contributed by atoms with E-state index in [1.165, 1.54) is 18.4 Å². The molecule has 128 valence electrons. The lowest BCUT2D eigenvalue weighted by atomic mass is 10.2. The minimum Gasteiger partial charge on any atom is -0.370 e. The van der Waals surface area contributed by atoms with Crippen molar-refractivity contribution in [2.75, 3.05) is 18.4 Å². The fourth-order valence-corrected chi connectivity index (χ4v) is 3.04. The van der Waals surface area contributed by atoms with Crippen LogP contribution in [0.25, 0.3) is 0 Å². The van der Waals surface area contributed by atoms with Crippen LogP contribution in [0.3, 0.4) is 0 Å². The fraction of sp³-hybridized carbons (Fsp3) is 0.316. The van der Waals surface area contributed by atoms with Crippen LogP contribution in [0, 0.1) is 0 Å². The molecule has 0 bridgehead atoms. The Hall–Kier alpha value is -1.60. The number of halogens is 1. The summed E-state index contributed by atoms with van der Waals surface area (Å²) in [6.45, 7) is 2.88. The van der Waals surface area contributed by atoms with Crippen molar-refractivity contribution in [1.82, 2.24) is 4.90 Å². The average molecular weight is 436 g/mol. The summed E-state index contributed by atoms with van der Waals surface area (Å²) in [5.41, 5.74) is 8.34. The minimum atomic E-state index is 0.